The molecule has 1 aliphatic heterocycles. The van der Waals surface area contributed by atoms with Crippen LogP contribution >= 0.6 is 0 Å². The zero-order chi connectivity index (χ0) is 20.1. The maximum Gasteiger partial charge on any atom is 0.330 e. The van der Waals surface area contributed by atoms with Crippen LogP contribution in [0, 0.1) is 0 Å². The van der Waals surface area contributed by atoms with Crippen LogP contribution in [0.1, 0.15) is 0 Å². The van der Waals surface area contributed by atoms with Crippen LogP contribution in [0.3, 0.4) is 0 Å². The molecule has 0 atom stereocenters. The van der Waals surface area contributed by atoms with Gasteiger partial charge in [0.15, 0.2) is 0 Å². The minimum atomic E-state index is -0.464. The molecule has 27 heavy (non-hydrogen) atoms. The number of rotatable bonds is 12. The molecule has 1 aliphatic rings. The van der Waals surface area contributed by atoms with Crippen LogP contribution in [-0.4, -0.2) is 92.1 Å². The largest absolute Gasteiger partial charge is 0.461 e. The van der Waals surface area contributed by atoms with Crippen LogP contribution in [0.4, 0.5) is 0 Å². The molecule has 1 fully saturated rings. The Morgan fingerprint density at radius 1 is 0.630 bits per heavy atom. The number of hydrogen-bond donors (Lipinski definition) is 0. The predicted octanol–water partition coefficient (Wildman–Crippen LogP) is -0.0339. The van der Waals surface area contributed by atoms with Gasteiger partial charge in [-0.25, -0.2) is 14.4 Å². The molecule has 9 nitrogen and oxygen atoms in total. The Morgan fingerprint density at radius 2 is 0.889 bits per heavy atom. The smallest absolute Gasteiger partial charge is 0.330 e. The number of carbonyl (C=O) groups is 3. The summed E-state index contributed by atoms with van der Waals surface area (Å²) in [5.41, 5.74) is 0. The first-order valence-electron chi connectivity index (χ1n) is 8.53. The summed E-state index contributed by atoms with van der Waals surface area (Å²) in [5.74, 6) is -1.39. The highest BCUT2D eigenvalue weighted by Crippen LogP contribution is 2.07. The molecular formula is C18H27N3O6. The van der Waals surface area contributed by atoms with E-state index in [0.29, 0.717) is 39.6 Å². The second-order valence-electron chi connectivity index (χ2n) is 5.72. The molecule has 9 heteroatoms. The monoisotopic (exact) mass is 381 g/mol. The van der Waals surface area contributed by atoms with Gasteiger partial charge in [-0.1, -0.05) is 19.7 Å². The summed E-state index contributed by atoms with van der Waals surface area (Å²) in [7, 11) is 0. The average molecular weight is 381 g/mol. The molecule has 0 spiro atoms. The average Bonchev–Trinajstić information content (AvgIpc) is 2.67. The van der Waals surface area contributed by atoms with Crippen molar-refractivity contribution in [1.82, 2.24) is 14.7 Å². The van der Waals surface area contributed by atoms with E-state index in [1.54, 1.807) is 0 Å². The molecule has 0 aromatic carbocycles. The normalized spacial score (nSPS) is 15.6. The van der Waals surface area contributed by atoms with Gasteiger partial charge in [-0.15, -0.1) is 0 Å². The molecule has 0 aromatic rings. The highest BCUT2D eigenvalue weighted by molar-refractivity contribution is 5.81. The number of ether oxygens (including phenoxy) is 3. The number of esters is 3. The standard InChI is InChI=1S/C18H27N3O6/c1-4-16(22)25-10-7-19-13-20(8-11-26-17(23)5-2)15-21(14-19)9-12-27-18(24)6-3/h4-6H,1-3,7-15H2. The molecule has 0 aliphatic carbocycles. The van der Waals surface area contributed by atoms with E-state index >= 15 is 0 Å². The number of hydrogen-bond acceptors (Lipinski definition) is 9. The van der Waals surface area contributed by atoms with Crippen molar-refractivity contribution in [2.45, 2.75) is 0 Å². The van der Waals surface area contributed by atoms with E-state index in [9.17, 15) is 14.4 Å². The fraction of sp³-hybridized carbons (Fsp3) is 0.500. The van der Waals surface area contributed by atoms with Crippen LogP contribution < -0.4 is 0 Å². The highest BCUT2D eigenvalue weighted by atomic mass is 16.5. The molecular weight excluding hydrogens is 354 g/mol. The lowest BCUT2D eigenvalue weighted by molar-refractivity contribution is -0.140. The number of carbonyl (C=O) groups excluding carboxylic acids is 3. The molecule has 0 bridgehead atoms. The Labute approximate surface area is 159 Å². The number of nitrogens with zero attached hydrogens (tertiary/aromatic N) is 3. The van der Waals surface area contributed by atoms with E-state index in [4.69, 9.17) is 14.2 Å². The van der Waals surface area contributed by atoms with E-state index in [2.05, 4.69) is 34.4 Å². The molecule has 0 radical (unpaired) electrons. The van der Waals surface area contributed by atoms with Gasteiger partial charge in [0.05, 0.1) is 20.0 Å². The third-order valence-electron chi connectivity index (χ3n) is 3.66. The minimum Gasteiger partial charge on any atom is -0.461 e. The van der Waals surface area contributed by atoms with Crippen LogP contribution in [0.5, 0.6) is 0 Å². The van der Waals surface area contributed by atoms with Crippen LogP contribution in [0.25, 0.3) is 0 Å². The van der Waals surface area contributed by atoms with Crippen molar-refractivity contribution < 1.29 is 28.6 Å². The predicted molar refractivity (Wildman–Crippen MR) is 98.2 cm³/mol. The Balaban J connectivity index is 2.50. The van der Waals surface area contributed by atoms with Gasteiger partial charge in [0.1, 0.15) is 19.8 Å². The Bertz CT molecular complexity index is 469. The van der Waals surface area contributed by atoms with Crippen molar-refractivity contribution in [3.63, 3.8) is 0 Å². The molecule has 0 N–H and O–H groups in total. The molecule has 0 aromatic heterocycles. The summed E-state index contributed by atoms with van der Waals surface area (Å²) in [6, 6.07) is 0. The topological polar surface area (TPSA) is 88.6 Å². The fourth-order valence-corrected chi connectivity index (χ4v) is 2.41. The van der Waals surface area contributed by atoms with Crippen LogP contribution in [0.2, 0.25) is 0 Å². The van der Waals surface area contributed by atoms with Crippen molar-refractivity contribution in [2.75, 3.05) is 59.5 Å². The quantitative estimate of drug-likeness (QED) is 0.263. The van der Waals surface area contributed by atoms with Crippen molar-refractivity contribution in [2.24, 2.45) is 0 Å². The lowest BCUT2D eigenvalue weighted by atomic mass is 10.4. The van der Waals surface area contributed by atoms with E-state index in [-0.39, 0.29) is 19.8 Å². The summed E-state index contributed by atoms with van der Waals surface area (Å²) in [5, 5.41) is 0. The molecule has 1 saturated heterocycles. The van der Waals surface area contributed by atoms with Gasteiger partial charge in [0.25, 0.3) is 0 Å². The maximum absolute atomic E-state index is 11.2. The molecule has 0 unspecified atom stereocenters. The van der Waals surface area contributed by atoms with Gasteiger partial charge >= 0.3 is 17.9 Å². The van der Waals surface area contributed by atoms with Crippen molar-refractivity contribution in [1.29, 1.82) is 0 Å². The van der Waals surface area contributed by atoms with E-state index < -0.39 is 17.9 Å². The Kier molecular flexibility index (Phi) is 10.7. The van der Waals surface area contributed by atoms with Crippen LogP contribution in [0.15, 0.2) is 38.0 Å². The molecule has 1 heterocycles. The van der Waals surface area contributed by atoms with Gasteiger partial charge in [-0.3, -0.25) is 14.7 Å². The molecule has 1 rings (SSSR count). The zero-order valence-electron chi connectivity index (χ0n) is 15.5. The van der Waals surface area contributed by atoms with E-state index in [0.717, 1.165) is 18.2 Å². The molecule has 0 amide bonds. The van der Waals surface area contributed by atoms with E-state index in [1.165, 1.54) is 0 Å². The molecule has 150 valence electrons. The first-order valence-corrected chi connectivity index (χ1v) is 8.53. The Morgan fingerprint density at radius 3 is 1.11 bits per heavy atom. The van der Waals surface area contributed by atoms with Gasteiger partial charge in [0, 0.05) is 37.9 Å². The first kappa shape index (κ1) is 22.6. The summed E-state index contributed by atoms with van der Waals surface area (Å²) in [6.45, 7) is 14.3. The lowest BCUT2D eigenvalue weighted by Crippen LogP contribution is -2.56. The van der Waals surface area contributed by atoms with Gasteiger partial charge in [-0.05, 0) is 0 Å². The van der Waals surface area contributed by atoms with Crippen molar-refractivity contribution in [3.05, 3.63) is 38.0 Å². The van der Waals surface area contributed by atoms with Crippen molar-refractivity contribution >= 4 is 17.9 Å². The third kappa shape index (κ3) is 9.69. The SMILES string of the molecule is C=CC(=O)OCCN1CN(CCOC(=O)C=C)CN(CCOC(=O)C=C)C1. The van der Waals surface area contributed by atoms with Crippen LogP contribution in [-0.2, 0) is 28.6 Å². The van der Waals surface area contributed by atoms with Crippen molar-refractivity contribution in [3.8, 4) is 0 Å². The minimum absolute atomic E-state index is 0.240. The third-order valence-corrected chi connectivity index (χ3v) is 3.66. The summed E-state index contributed by atoms with van der Waals surface area (Å²) < 4.78 is 15.1. The van der Waals surface area contributed by atoms with E-state index in [1.807, 2.05) is 0 Å². The summed E-state index contributed by atoms with van der Waals surface area (Å²) in [6.07, 6.45) is 3.37. The zero-order valence-corrected chi connectivity index (χ0v) is 15.5. The van der Waals surface area contributed by atoms with Gasteiger partial charge < -0.3 is 14.2 Å². The summed E-state index contributed by atoms with van der Waals surface area (Å²) in [4.78, 5) is 39.7. The second-order valence-corrected chi connectivity index (χ2v) is 5.72. The first-order chi connectivity index (χ1) is 13.0. The summed E-state index contributed by atoms with van der Waals surface area (Å²) >= 11 is 0. The second kappa shape index (κ2) is 12.8. The van der Waals surface area contributed by atoms with Gasteiger partial charge in [-0.2, -0.15) is 0 Å². The maximum atomic E-state index is 11.2. The Hall–Kier alpha value is -2.49. The molecule has 0 saturated carbocycles. The fourth-order valence-electron chi connectivity index (χ4n) is 2.41. The lowest BCUT2D eigenvalue weighted by Gasteiger charge is -2.42. The van der Waals surface area contributed by atoms with Gasteiger partial charge in [0.2, 0.25) is 0 Å². The highest BCUT2D eigenvalue weighted by Gasteiger charge is 2.23.